The monoisotopic (exact) mass is 358 g/mol. The number of piperidine rings is 3. The number of rotatable bonds is 5. The largest absolute Gasteiger partial charge is 0.379 e. The lowest BCUT2D eigenvalue weighted by Gasteiger charge is -2.51. The van der Waals surface area contributed by atoms with Gasteiger partial charge in [0.2, 0.25) is 0 Å². The Bertz CT molecular complexity index is 591. The van der Waals surface area contributed by atoms with E-state index >= 15 is 0 Å². The Labute approximate surface area is 155 Å². The number of anilines is 1. The fraction of sp³-hybridized carbons (Fsp3) is 0.650. The number of morpholine rings is 1. The number of urea groups is 1. The fourth-order valence-electron chi connectivity index (χ4n) is 4.69. The average molecular weight is 358 g/mol. The minimum Gasteiger partial charge on any atom is -0.379 e. The quantitative estimate of drug-likeness (QED) is 0.843. The maximum Gasteiger partial charge on any atom is 0.319 e. The number of fused-ring (bicyclic) bond motifs is 3. The van der Waals surface area contributed by atoms with E-state index in [9.17, 15) is 4.79 Å². The van der Waals surface area contributed by atoms with Crippen LogP contribution in [0.25, 0.3) is 0 Å². The first-order valence-corrected chi connectivity index (χ1v) is 9.92. The molecule has 5 rings (SSSR count). The molecule has 0 radical (unpaired) electrons. The number of hydrogen-bond donors (Lipinski definition) is 2. The van der Waals surface area contributed by atoms with Gasteiger partial charge in [0, 0.05) is 44.5 Å². The van der Waals surface area contributed by atoms with Crippen molar-refractivity contribution < 1.29 is 9.53 Å². The molecule has 1 aromatic rings. The molecule has 6 heteroatoms. The summed E-state index contributed by atoms with van der Waals surface area (Å²) < 4.78 is 5.47. The van der Waals surface area contributed by atoms with Gasteiger partial charge in [-0.3, -0.25) is 9.80 Å². The third-order valence-electron chi connectivity index (χ3n) is 6.14. The van der Waals surface area contributed by atoms with Crippen LogP contribution in [-0.2, 0) is 4.74 Å². The van der Waals surface area contributed by atoms with Crippen molar-refractivity contribution in [2.75, 3.05) is 57.8 Å². The van der Waals surface area contributed by atoms with Crippen molar-refractivity contribution in [3.05, 3.63) is 30.3 Å². The van der Waals surface area contributed by atoms with Crippen molar-refractivity contribution in [3.63, 3.8) is 0 Å². The first kappa shape index (κ1) is 17.8. The molecule has 26 heavy (non-hydrogen) atoms. The molecule has 0 aromatic heterocycles. The van der Waals surface area contributed by atoms with E-state index < -0.39 is 0 Å². The van der Waals surface area contributed by atoms with E-state index in [0.29, 0.717) is 6.04 Å². The number of nitrogens with zero attached hydrogens (tertiary/aromatic N) is 2. The van der Waals surface area contributed by atoms with Crippen molar-refractivity contribution in [1.82, 2.24) is 15.1 Å². The molecule has 6 nitrogen and oxygen atoms in total. The van der Waals surface area contributed by atoms with Crippen molar-refractivity contribution >= 4 is 11.7 Å². The molecular weight excluding hydrogens is 328 g/mol. The summed E-state index contributed by atoms with van der Waals surface area (Å²) in [5, 5.41) is 5.96. The number of amides is 2. The normalized spacial score (nSPS) is 31.5. The van der Waals surface area contributed by atoms with E-state index in [0.717, 1.165) is 50.4 Å². The summed E-state index contributed by atoms with van der Waals surface area (Å²) >= 11 is 0. The van der Waals surface area contributed by atoms with Gasteiger partial charge in [-0.25, -0.2) is 4.79 Å². The number of hydrogen-bond acceptors (Lipinski definition) is 4. The molecule has 4 heterocycles. The van der Waals surface area contributed by atoms with Gasteiger partial charge in [0.1, 0.15) is 0 Å². The van der Waals surface area contributed by atoms with Crippen LogP contribution in [0.1, 0.15) is 12.8 Å². The van der Waals surface area contributed by atoms with Gasteiger partial charge in [-0.2, -0.15) is 0 Å². The summed E-state index contributed by atoms with van der Waals surface area (Å²) in [4.78, 5) is 17.3. The van der Waals surface area contributed by atoms with Gasteiger partial charge in [0.25, 0.3) is 0 Å². The third-order valence-corrected chi connectivity index (χ3v) is 6.14. The van der Waals surface area contributed by atoms with E-state index in [1.165, 1.54) is 32.5 Å². The third kappa shape index (κ3) is 4.37. The predicted molar refractivity (Wildman–Crippen MR) is 102 cm³/mol. The topological polar surface area (TPSA) is 56.8 Å². The van der Waals surface area contributed by atoms with Crippen LogP contribution in [0.4, 0.5) is 10.5 Å². The molecule has 1 unspecified atom stereocenters. The van der Waals surface area contributed by atoms with E-state index in [1.54, 1.807) is 0 Å². The van der Waals surface area contributed by atoms with Crippen LogP contribution in [0.2, 0.25) is 0 Å². The van der Waals surface area contributed by atoms with Gasteiger partial charge < -0.3 is 15.4 Å². The van der Waals surface area contributed by atoms with Crippen molar-refractivity contribution in [2.45, 2.75) is 18.9 Å². The highest BCUT2D eigenvalue weighted by Gasteiger charge is 2.40. The second kappa shape index (κ2) is 8.37. The van der Waals surface area contributed by atoms with Crippen LogP contribution < -0.4 is 10.6 Å². The van der Waals surface area contributed by atoms with Crippen LogP contribution in [-0.4, -0.2) is 74.4 Å². The highest BCUT2D eigenvalue weighted by atomic mass is 16.5. The van der Waals surface area contributed by atoms with Gasteiger partial charge in [-0.15, -0.1) is 0 Å². The number of ether oxygens (including phenoxy) is 1. The van der Waals surface area contributed by atoms with Gasteiger partial charge in [0.05, 0.1) is 13.2 Å². The predicted octanol–water partition coefficient (Wildman–Crippen LogP) is 1.85. The SMILES string of the molecule is O=C(NC[C@H]1C[C@@H]2CCN1C[C@@H]2CN1CCOCC1)Nc1ccccc1. The summed E-state index contributed by atoms with van der Waals surface area (Å²) in [7, 11) is 0. The zero-order valence-electron chi connectivity index (χ0n) is 15.4. The molecule has 2 N–H and O–H groups in total. The highest BCUT2D eigenvalue weighted by molar-refractivity contribution is 5.89. The summed E-state index contributed by atoms with van der Waals surface area (Å²) in [5.41, 5.74) is 0.834. The second-order valence-corrected chi connectivity index (χ2v) is 7.81. The Kier molecular flexibility index (Phi) is 5.72. The maximum atomic E-state index is 12.1. The summed E-state index contributed by atoms with van der Waals surface area (Å²) in [6.45, 7) is 8.21. The molecule has 4 aliphatic heterocycles. The van der Waals surface area contributed by atoms with Crippen LogP contribution in [0.15, 0.2) is 30.3 Å². The Morgan fingerprint density at radius 2 is 1.96 bits per heavy atom. The molecule has 2 amide bonds. The fourth-order valence-corrected chi connectivity index (χ4v) is 4.69. The van der Waals surface area contributed by atoms with E-state index in [2.05, 4.69) is 20.4 Å². The lowest BCUT2D eigenvalue weighted by molar-refractivity contribution is -0.0289. The summed E-state index contributed by atoms with van der Waals surface area (Å²) in [6, 6.07) is 9.98. The smallest absolute Gasteiger partial charge is 0.319 e. The molecule has 0 spiro atoms. The number of carbonyl (C=O) groups excluding carboxylic acids is 1. The minimum atomic E-state index is -0.108. The molecule has 1 aromatic carbocycles. The second-order valence-electron chi connectivity index (χ2n) is 7.81. The van der Waals surface area contributed by atoms with Gasteiger partial charge >= 0.3 is 6.03 Å². The average Bonchev–Trinajstić information content (AvgIpc) is 2.69. The van der Waals surface area contributed by atoms with Crippen LogP contribution in [0.3, 0.4) is 0 Å². The van der Waals surface area contributed by atoms with Gasteiger partial charge in [-0.1, -0.05) is 18.2 Å². The van der Waals surface area contributed by atoms with Crippen LogP contribution in [0.5, 0.6) is 0 Å². The summed E-state index contributed by atoms with van der Waals surface area (Å²) in [6.07, 6.45) is 2.52. The first-order chi connectivity index (χ1) is 12.8. The molecule has 4 saturated heterocycles. The lowest BCUT2D eigenvalue weighted by atomic mass is 9.75. The number of para-hydroxylation sites is 1. The number of nitrogens with one attached hydrogen (secondary N) is 2. The molecule has 0 aliphatic carbocycles. The molecule has 142 valence electrons. The van der Waals surface area contributed by atoms with E-state index in [4.69, 9.17) is 4.74 Å². The van der Waals surface area contributed by atoms with Crippen molar-refractivity contribution in [1.29, 1.82) is 0 Å². The molecule has 0 saturated carbocycles. The van der Waals surface area contributed by atoms with Crippen molar-refractivity contribution in [3.8, 4) is 0 Å². The minimum absolute atomic E-state index is 0.108. The Morgan fingerprint density at radius 3 is 2.69 bits per heavy atom. The van der Waals surface area contributed by atoms with Crippen LogP contribution in [0, 0.1) is 11.8 Å². The number of carbonyl (C=O) groups is 1. The molecule has 4 atom stereocenters. The Balaban J connectivity index is 1.23. The zero-order valence-corrected chi connectivity index (χ0v) is 15.4. The van der Waals surface area contributed by atoms with E-state index in [1.807, 2.05) is 30.3 Å². The highest BCUT2D eigenvalue weighted by Crippen LogP contribution is 2.36. The number of benzene rings is 1. The molecular formula is C20H30N4O2. The molecule has 4 aliphatic rings. The van der Waals surface area contributed by atoms with Crippen molar-refractivity contribution in [2.24, 2.45) is 11.8 Å². The molecule has 2 bridgehead atoms. The standard InChI is InChI=1S/C20H30N4O2/c25-20(22-18-4-2-1-3-5-18)21-13-19-12-16-6-7-24(19)15-17(16)14-23-8-10-26-11-9-23/h1-5,16-17,19H,6-15H2,(H2,21,22,25)/t16-,17-,19+/m0/s1. The van der Waals surface area contributed by atoms with E-state index in [-0.39, 0.29) is 6.03 Å². The van der Waals surface area contributed by atoms with Crippen LogP contribution >= 0.6 is 0 Å². The van der Waals surface area contributed by atoms with Gasteiger partial charge in [0.15, 0.2) is 0 Å². The summed E-state index contributed by atoms with van der Waals surface area (Å²) in [5.74, 6) is 1.57. The molecule has 4 fully saturated rings. The lowest BCUT2D eigenvalue weighted by Crippen LogP contribution is -2.59. The Hall–Kier alpha value is -1.63. The zero-order chi connectivity index (χ0) is 17.8. The van der Waals surface area contributed by atoms with Gasteiger partial charge in [-0.05, 0) is 43.4 Å². The Morgan fingerprint density at radius 1 is 1.15 bits per heavy atom. The first-order valence-electron chi connectivity index (χ1n) is 9.92. The maximum absolute atomic E-state index is 12.1.